The van der Waals surface area contributed by atoms with E-state index in [1.807, 2.05) is 0 Å². The number of allylic oxidation sites excluding steroid dienone is 1. The van der Waals surface area contributed by atoms with E-state index in [-0.39, 0.29) is 5.78 Å². The molecule has 0 radical (unpaired) electrons. The van der Waals surface area contributed by atoms with Crippen LogP contribution in [0.25, 0.3) is 0 Å². The average Bonchev–Trinajstić information content (AvgIpc) is 2.04. The van der Waals surface area contributed by atoms with Crippen LogP contribution in [0.1, 0.15) is 12.0 Å². The highest BCUT2D eigenvalue weighted by Gasteiger charge is 2.01. The summed E-state index contributed by atoms with van der Waals surface area (Å²) in [7, 11) is 0. The summed E-state index contributed by atoms with van der Waals surface area (Å²) in [6.07, 6.45) is 4.01. The fourth-order valence-electron chi connectivity index (χ4n) is 1.07. The van der Waals surface area contributed by atoms with E-state index in [2.05, 4.69) is 11.6 Å². The Balaban J connectivity index is 2.63. The van der Waals surface area contributed by atoms with E-state index >= 15 is 0 Å². The number of rotatable bonds is 4. The summed E-state index contributed by atoms with van der Waals surface area (Å²) in [5.41, 5.74) is 6.37. The summed E-state index contributed by atoms with van der Waals surface area (Å²) in [5.74, 6) is 0.588. The normalized spacial score (nSPS) is 9.54. The van der Waals surface area contributed by atoms with Crippen LogP contribution >= 0.6 is 0 Å². The molecule has 0 saturated carbocycles. The number of anilines is 1. The molecule has 1 heterocycles. The van der Waals surface area contributed by atoms with Gasteiger partial charge in [-0.25, -0.2) is 4.98 Å². The monoisotopic (exact) mass is 176 g/mol. The minimum Gasteiger partial charge on any atom is -0.384 e. The van der Waals surface area contributed by atoms with E-state index in [0.29, 0.717) is 18.7 Å². The van der Waals surface area contributed by atoms with Gasteiger partial charge in [-0.15, -0.1) is 6.58 Å². The zero-order valence-corrected chi connectivity index (χ0v) is 7.36. The van der Waals surface area contributed by atoms with Gasteiger partial charge in [-0.3, -0.25) is 4.79 Å². The summed E-state index contributed by atoms with van der Waals surface area (Å²) in [5, 5.41) is 0. The zero-order valence-electron chi connectivity index (χ0n) is 7.36. The third-order valence-corrected chi connectivity index (χ3v) is 1.62. The molecular formula is C10H12N2O. The van der Waals surface area contributed by atoms with Crippen LogP contribution in [-0.2, 0) is 11.2 Å². The average molecular weight is 176 g/mol. The number of carbonyl (C=O) groups excluding carboxylic acids is 1. The van der Waals surface area contributed by atoms with Crippen LogP contribution in [0.2, 0.25) is 0 Å². The van der Waals surface area contributed by atoms with Gasteiger partial charge in [0.2, 0.25) is 0 Å². The Labute approximate surface area is 77.3 Å². The number of pyridine rings is 1. The van der Waals surface area contributed by atoms with Gasteiger partial charge in [-0.05, 0) is 17.7 Å². The van der Waals surface area contributed by atoms with Gasteiger partial charge in [0.15, 0.2) is 0 Å². The molecule has 0 amide bonds. The van der Waals surface area contributed by atoms with E-state index in [9.17, 15) is 4.79 Å². The zero-order chi connectivity index (χ0) is 9.68. The Hall–Kier alpha value is -1.64. The van der Waals surface area contributed by atoms with Crippen molar-refractivity contribution in [1.82, 2.24) is 4.98 Å². The second-order valence-electron chi connectivity index (χ2n) is 2.80. The summed E-state index contributed by atoms with van der Waals surface area (Å²) in [6, 6.07) is 3.50. The van der Waals surface area contributed by atoms with E-state index in [4.69, 9.17) is 5.73 Å². The van der Waals surface area contributed by atoms with Crippen molar-refractivity contribution in [1.29, 1.82) is 0 Å². The molecule has 1 aromatic rings. The summed E-state index contributed by atoms with van der Waals surface area (Å²) >= 11 is 0. The van der Waals surface area contributed by atoms with E-state index in [0.717, 1.165) is 5.56 Å². The van der Waals surface area contributed by atoms with Crippen LogP contribution in [0.5, 0.6) is 0 Å². The molecular weight excluding hydrogens is 164 g/mol. The van der Waals surface area contributed by atoms with Crippen molar-refractivity contribution in [3.63, 3.8) is 0 Å². The first kappa shape index (κ1) is 9.45. The van der Waals surface area contributed by atoms with Gasteiger partial charge in [0, 0.05) is 19.0 Å². The number of ketones is 1. The molecule has 68 valence electrons. The largest absolute Gasteiger partial charge is 0.384 e. The third-order valence-electron chi connectivity index (χ3n) is 1.62. The topological polar surface area (TPSA) is 56.0 Å². The number of nitrogens with zero attached hydrogens (tertiary/aromatic N) is 1. The second kappa shape index (κ2) is 4.40. The fraction of sp³-hybridized carbons (Fsp3) is 0.200. The molecule has 0 aliphatic carbocycles. The number of hydrogen-bond donors (Lipinski definition) is 1. The van der Waals surface area contributed by atoms with Gasteiger partial charge in [-0.2, -0.15) is 0 Å². The number of carbonyl (C=O) groups is 1. The Morgan fingerprint density at radius 2 is 2.46 bits per heavy atom. The Bertz CT molecular complexity index is 320. The lowest BCUT2D eigenvalue weighted by Crippen LogP contribution is -2.01. The highest BCUT2D eigenvalue weighted by Crippen LogP contribution is 2.05. The third kappa shape index (κ3) is 3.07. The molecule has 0 aliphatic rings. The van der Waals surface area contributed by atoms with Crippen molar-refractivity contribution >= 4 is 11.6 Å². The van der Waals surface area contributed by atoms with Crippen molar-refractivity contribution in [3.05, 3.63) is 36.5 Å². The molecule has 0 saturated heterocycles. The van der Waals surface area contributed by atoms with Gasteiger partial charge in [0.05, 0.1) is 0 Å². The smallest absolute Gasteiger partial charge is 0.140 e. The van der Waals surface area contributed by atoms with Crippen LogP contribution in [0.15, 0.2) is 31.0 Å². The minimum atomic E-state index is 0.139. The highest BCUT2D eigenvalue weighted by molar-refractivity contribution is 5.82. The van der Waals surface area contributed by atoms with Crippen molar-refractivity contribution in [2.45, 2.75) is 12.8 Å². The molecule has 0 unspecified atom stereocenters. The number of nitrogen functional groups attached to an aromatic ring is 1. The lowest BCUT2D eigenvalue weighted by molar-refractivity contribution is -0.117. The maximum atomic E-state index is 11.2. The maximum Gasteiger partial charge on any atom is 0.140 e. The first-order valence-corrected chi connectivity index (χ1v) is 4.05. The lowest BCUT2D eigenvalue weighted by atomic mass is 10.1. The van der Waals surface area contributed by atoms with Crippen LogP contribution in [0, 0.1) is 0 Å². The van der Waals surface area contributed by atoms with Gasteiger partial charge in [0.25, 0.3) is 0 Å². The SMILES string of the molecule is C=CCC(=O)Cc1ccnc(N)c1. The van der Waals surface area contributed by atoms with Gasteiger partial charge < -0.3 is 5.73 Å². The molecule has 0 bridgehead atoms. The summed E-state index contributed by atoms with van der Waals surface area (Å²) < 4.78 is 0. The molecule has 2 N–H and O–H groups in total. The predicted molar refractivity (Wildman–Crippen MR) is 52.2 cm³/mol. The molecule has 0 aromatic carbocycles. The maximum absolute atomic E-state index is 11.2. The minimum absolute atomic E-state index is 0.139. The molecule has 13 heavy (non-hydrogen) atoms. The first-order chi connectivity index (χ1) is 6.22. The highest BCUT2D eigenvalue weighted by atomic mass is 16.1. The van der Waals surface area contributed by atoms with Crippen LogP contribution in [-0.4, -0.2) is 10.8 Å². The Morgan fingerprint density at radius 1 is 1.69 bits per heavy atom. The molecule has 0 aliphatic heterocycles. The van der Waals surface area contributed by atoms with Crippen molar-refractivity contribution in [3.8, 4) is 0 Å². The first-order valence-electron chi connectivity index (χ1n) is 4.05. The molecule has 1 rings (SSSR count). The number of nitrogens with two attached hydrogens (primary N) is 1. The molecule has 1 aromatic heterocycles. The van der Waals surface area contributed by atoms with Crippen LogP contribution < -0.4 is 5.73 Å². The van der Waals surface area contributed by atoms with Gasteiger partial charge in [0.1, 0.15) is 11.6 Å². The van der Waals surface area contributed by atoms with E-state index in [1.54, 1.807) is 24.4 Å². The molecule has 0 atom stereocenters. The fourth-order valence-corrected chi connectivity index (χ4v) is 1.07. The number of Topliss-reactive ketones (excluding diaryl/α,β-unsaturated/α-hetero) is 1. The van der Waals surface area contributed by atoms with Crippen LogP contribution in [0.4, 0.5) is 5.82 Å². The molecule has 3 heteroatoms. The Morgan fingerprint density at radius 3 is 3.08 bits per heavy atom. The molecule has 0 spiro atoms. The number of hydrogen-bond acceptors (Lipinski definition) is 3. The molecule has 3 nitrogen and oxygen atoms in total. The summed E-state index contributed by atoms with van der Waals surface area (Å²) in [4.78, 5) is 15.0. The van der Waals surface area contributed by atoms with Gasteiger partial charge in [-0.1, -0.05) is 6.08 Å². The predicted octanol–water partition coefficient (Wildman–Crippen LogP) is 1.35. The second-order valence-corrected chi connectivity index (χ2v) is 2.80. The van der Waals surface area contributed by atoms with E-state index < -0.39 is 0 Å². The standard InChI is InChI=1S/C10H12N2O/c1-2-3-9(13)6-8-4-5-12-10(11)7-8/h2,4-5,7H,1,3,6H2,(H2,11,12). The van der Waals surface area contributed by atoms with Crippen molar-refractivity contribution < 1.29 is 4.79 Å². The quantitative estimate of drug-likeness (QED) is 0.704. The Kier molecular flexibility index (Phi) is 3.20. The van der Waals surface area contributed by atoms with Crippen molar-refractivity contribution in [2.75, 3.05) is 5.73 Å². The molecule has 0 fully saturated rings. The van der Waals surface area contributed by atoms with Gasteiger partial charge >= 0.3 is 0 Å². The van der Waals surface area contributed by atoms with E-state index in [1.165, 1.54) is 0 Å². The van der Waals surface area contributed by atoms with Crippen molar-refractivity contribution in [2.24, 2.45) is 0 Å². The lowest BCUT2D eigenvalue weighted by Gasteiger charge is -1.99. The summed E-state index contributed by atoms with van der Waals surface area (Å²) in [6.45, 7) is 3.50. The number of aromatic nitrogens is 1. The van der Waals surface area contributed by atoms with Crippen LogP contribution in [0.3, 0.4) is 0 Å².